The number of pyridine rings is 1. The zero-order valence-corrected chi connectivity index (χ0v) is 16.7. The van der Waals surface area contributed by atoms with Crippen LogP contribution in [-0.4, -0.2) is 45.2 Å². The Bertz CT molecular complexity index is 755. The number of rotatable bonds is 8. The van der Waals surface area contributed by atoms with E-state index in [0.717, 1.165) is 43.5 Å². The SMILES string of the molecule is CCCCN(C)[C@H]1CCc2c(c(C(=O)NCc3ccncc3)nn2CC)C1. The lowest BCUT2D eigenvalue weighted by atomic mass is 9.90. The number of unbranched alkanes of at least 4 members (excludes halogenated alkanes) is 1. The normalized spacial score (nSPS) is 16.4. The molecule has 1 aliphatic rings. The molecular weight excluding hydrogens is 338 g/mol. The van der Waals surface area contributed by atoms with Gasteiger partial charge < -0.3 is 10.2 Å². The Morgan fingerprint density at radius 2 is 2.11 bits per heavy atom. The maximum absolute atomic E-state index is 12.9. The van der Waals surface area contributed by atoms with Crippen LogP contribution in [0.2, 0.25) is 0 Å². The van der Waals surface area contributed by atoms with Crippen LogP contribution in [0.25, 0.3) is 0 Å². The summed E-state index contributed by atoms with van der Waals surface area (Å²) in [5.74, 6) is -0.0767. The smallest absolute Gasteiger partial charge is 0.272 e. The summed E-state index contributed by atoms with van der Waals surface area (Å²) < 4.78 is 2.01. The Kier molecular flexibility index (Phi) is 6.61. The van der Waals surface area contributed by atoms with Gasteiger partial charge in [0.15, 0.2) is 5.69 Å². The van der Waals surface area contributed by atoms with Gasteiger partial charge in [0, 0.05) is 42.8 Å². The van der Waals surface area contributed by atoms with E-state index >= 15 is 0 Å². The first kappa shape index (κ1) is 19.5. The predicted molar refractivity (Wildman–Crippen MR) is 107 cm³/mol. The molecule has 6 heteroatoms. The fourth-order valence-corrected chi connectivity index (χ4v) is 3.85. The Balaban J connectivity index is 1.74. The molecule has 0 aromatic carbocycles. The molecule has 0 unspecified atom stereocenters. The van der Waals surface area contributed by atoms with Gasteiger partial charge in [0.2, 0.25) is 0 Å². The molecule has 146 valence electrons. The van der Waals surface area contributed by atoms with E-state index in [9.17, 15) is 4.79 Å². The maximum atomic E-state index is 12.9. The molecule has 3 rings (SSSR count). The minimum atomic E-state index is -0.0767. The van der Waals surface area contributed by atoms with Gasteiger partial charge >= 0.3 is 0 Å². The fourth-order valence-electron chi connectivity index (χ4n) is 3.85. The molecule has 27 heavy (non-hydrogen) atoms. The molecule has 1 amide bonds. The van der Waals surface area contributed by atoms with Crippen molar-refractivity contribution in [2.75, 3.05) is 13.6 Å². The molecule has 1 N–H and O–H groups in total. The number of likely N-dealkylation sites (N-methyl/N-ethyl adjacent to an activating group) is 1. The number of carbonyl (C=O) groups is 1. The molecule has 0 saturated heterocycles. The van der Waals surface area contributed by atoms with E-state index in [1.807, 2.05) is 16.8 Å². The monoisotopic (exact) mass is 369 g/mol. The zero-order chi connectivity index (χ0) is 19.2. The highest BCUT2D eigenvalue weighted by atomic mass is 16.1. The van der Waals surface area contributed by atoms with Crippen molar-refractivity contribution in [2.24, 2.45) is 0 Å². The number of amides is 1. The average molecular weight is 370 g/mol. The highest BCUT2D eigenvalue weighted by molar-refractivity contribution is 5.94. The van der Waals surface area contributed by atoms with Gasteiger partial charge in [-0.2, -0.15) is 5.10 Å². The topological polar surface area (TPSA) is 63.1 Å². The highest BCUT2D eigenvalue weighted by Gasteiger charge is 2.30. The predicted octanol–water partition coefficient (Wildman–Crippen LogP) is 2.82. The van der Waals surface area contributed by atoms with Crippen molar-refractivity contribution < 1.29 is 4.79 Å². The van der Waals surface area contributed by atoms with E-state index < -0.39 is 0 Å². The van der Waals surface area contributed by atoms with E-state index in [2.05, 4.69) is 41.2 Å². The van der Waals surface area contributed by atoms with Crippen LogP contribution in [0.5, 0.6) is 0 Å². The minimum Gasteiger partial charge on any atom is -0.347 e. The summed E-state index contributed by atoms with van der Waals surface area (Å²) in [6.45, 7) is 6.72. The van der Waals surface area contributed by atoms with Crippen LogP contribution in [-0.2, 0) is 25.9 Å². The summed E-state index contributed by atoms with van der Waals surface area (Å²) in [6, 6.07) is 4.32. The molecule has 2 aromatic heterocycles. The molecule has 0 saturated carbocycles. The first-order valence-electron chi connectivity index (χ1n) is 10.1. The second-order valence-corrected chi connectivity index (χ2v) is 7.36. The van der Waals surface area contributed by atoms with Crippen molar-refractivity contribution in [3.8, 4) is 0 Å². The molecule has 2 heterocycles. The second-order valence-electron chi connectivity index (χ2n) is 7.36. The van der Waals surface area contributed by atoms with Crippen molar-refractivity contribution in [1.82, 2.24) is 25.0 Å². The number of fused-ring (bicyclic) bond motifs is 1. The summed E-state index contributed by atoms with van der Waals surface area (Å²) in [4.78, 5) is 19.3. The minimum absolute atomic E-state index is 0.0767. The van der Waals surface area contributed by atoms with Crippen LogP contribution in [0.3, 0.4) is 0 Å². The van der Waals surface area contributed by atoms with E-state index in [1.54, 1.807) is 12.4 Å². The summed E-state index contributed by atoms with van der Waals surface area (Å²) in [6.07, 6.45) is 8.95. The molecule has 0 aliphatic heterocycles. The van der Waals surface area contributed by atoms with Crippen LogP contribution in [0, 0.1) is 0 Å². The summed E-state index contributed by atoms with van der Waals surface area (Å²) in [5.41, 5.74) is 4.03. The summed E-state index contributed by atoms with van der Waals surface area (Å²) in [7, 11) is 2.21. The van der Waals surface area contributed by atoms with Gasteiger partial charge in [0.25, 0.3) is 5.91 Å². The average Bonchev–Trinajstić information content (AvgIpc) is 3.09. The molecule has 1 atom stereocenters. The first-order valence-corrected chi connectivity index (χ1v) is 10.1. The number of nitrogens with zero attached hydrogens (tertiary/aromatic N) is 4. The Morgan fingerprint density at radius 1 is 1.33 bits per heavy atom. The Hall–Kier alpha value is -2.21. The standard InChI is InChI=1S/C21H31N5O/c1-4-6-13-25(3)17-7-8-19-18(14-17)20(24-26(19)5-2)21(27)23-15-16-9-11-22-12-10-16/h9-12,17H,4-8,13-15H2,1-3H3,(H,23,27)/t17-/m0/s1. The molecule has 1 aliphatic carbocycles. The van der Waals surface area contributed by atoms with Gasteiger partial charge in [-0.05, 0) is 63.9 Å². The molecular formula is C21H31N5O. The number of nitrogens with one attached hydrogen (secondary N) is 1. The second kappa shape index (κ2) is 9.13. The lowest BCUT2D eigenvalue weighted by Gasteiger charge is -2.31. The van der Waals surface area contributed by atoms with Crippen LogP contribution in [0.4, 0.5) is 0 Å². The van der Waals surface area contributed by atoms with Crippen LogP contribution >= 0.6 is 0 Å². The van der Waals surface area contributed by atoms with E-state index in [0.29, 0.717) is 18.3 Å². The Labute approximate surface area is 162 Å². The van der Waals surface area contributed by atoms with Gasteiger partial charge in [-0.25, -0.2) is 0 Å². The molecule has 0 fully saturated rings. The van der Waals surface area contributed by atoms with Gasteiger partial charge in [-0.15, -0.1) is 0 Å². The third kappa shape index (κ3) is 4.56. The number of hydrogen-bond donors (Lipinski definition) is 1. The summed E-state index contributed by atoms with van der Waals surface area (Å²) in [5, 5.41) is 7.68. The largest absolute Gasteiger partial charge is 0.347 e. The molecule has 6 nitrogen and oxygen atoms in total. The zero-order valence-electron chi connectivity index (χ0n) is 16.7. The van der Waals surface area contributed by atoms with Gasteiger partial charge in [-0.3, -0.25) is 14.5 Å². The lowest BCUT2D eigenvalue weighted by Crippen LogP contribution is -2.38. The van der Waals surface area contributed by atoms with Crippen molar-refractivity contribution >= 4 is 5.91 Å². The molecule has 2 aromatic rings. The molecule has 0 spiro atoms. The maximum Gasteiger partial charge on any atom is 0.272 e. The third-order valence-corrected chi connectivity index (χ3v) is 5.53. The van der Waals surface area contributed by atoms with Gasteiger partial charge in [-0.1, -0.05) is 13.3 Å². The highest BCUT2D eigenvalue weighted by Crippen LogP contribution is 2.27. The van der Waals surface area contributed by atoms with Crippen molar-refractivity contribution in [1.29, 1.82) is 0 Å². The van der Waals surface area contributed by atoms with Crippen molar-refractivity contribution in [3.63, 3.8) is 0 Å². The fraction of sp³-hybridized carbons (Fsp3) is 0.571. The van der Waals surface area contributed by atoms with Crippen molar-refractivity contribution in [2.45, 2.75) is 65.1 Å². The number of aryl methyl sites for hydroxylation is 1. The van der Waals surface area contributed by atoms with Crippen molar-refractivity contribution in [3.05, 3.63) is 47.0 Å². The van der Waals surface area contributed by atoms with E-state index in [4.69, 9.17) is 0 Å². The van der Waals surface area contributed by atoms with Gasteiger partial charge in [0.1, 0.15) is 0 Å². The van der Waals surface area contributed by atoms with Crippen LogP contribution < -0.4 is 5.32 Å². The molecule has 0 bridgehead atoms. The number of carbonyl (C=O) groups excluding carboxylic acids is 1. The summed E-state index contributed by atoms with van der Waals surface area (Å²) >= 11 is 0. The quantitative estimate of drug-likeness (QED) is 0.777. The first-order chi connectivity index (χ1) is 13.1. The van der Waals surface area contributed by atoms with E-state index in [1.165, 1.54) is 18.5 Å². The number of aromatic nitrogens is 3. The molecule has 0 radical (unpaired) electrons. The lowest BCUT2D eigenvalue weighted by molar-refractivity contribution is 0.0943. The van der Waals surface area contributed by atoms with E-state index in [-0.39, 0.29) is 5.91 Å². The Morgan fingerprint density at radius 3 is 2.81 bits per heavy atom. The number of hydrogen-bond acceptors (Lipinski definition) is 4. The van der Waals surface area contributed by atoms with Gasteiger partial charge in [0.05, 0.1) is 0 Å². The van der Waals surface area contributed by atoms with Crippen LogP contribution in [0.1, 0.15) is 60.4 Å². The third-order valence-electron chi connectivity index (χ3n) is 5.53. The van der Waals surface area contributed by atoms with Crippen LogP contribution in [0.15, 0.2) is 24.5 Å².